The summed E-state index contributed by atoms with van der Waals surface area (Å²) in [7, 11) is 0. The third-order valence-corrected chi connectivity index (χ3v) is 1.80. The lowest BCUT2D eigenvalue weighted by Crippen LogP contribution is -1.76. The van der Waals surface area contributed by atoms with Crippen LogP contribution in [0.3, 0.4) is 0 Å². The molecule has 0 aromatic rings. The molecule has 2 nitrogen and oxygen atoms in total. The molecule has 68 valence electrons. The molecule has 0 rings (SSSR count). The fourth-order valence-corrected chi connectivity index (χ4v) is 0.350. The highest BCUT2D eigenvalue weighted by atomic mass is 15.1. The monoisotopic (exact) mass is 166 g/mol. The molecule has 0 fully saturated rings. The molecule has 0 aliphatic rings. The normalized spacial score (nSPS) is 10.2. The van der Waals surface area contributed by atoms with E-state index >= 15 is 0 Å². The van der Waals surface area contributed by atoms with Crippen molar-refractivity contribution in [3.63, 3.8) is 0 Å². The Kier molecular flexibility index (Phi) is 4.49. The van der Waals surface area contributed by atoms with Gasteiger partial charge in [-0.2, -0.15) is 10.2 Å². The topological polar surface area (TPSA) is 24.7 Å². The Hall–Kier alpha value is -0.920. The van der Waals surface area contributed by atoms with Crippen LogP contribution in [0.4, 0.5) is 0 Å². The van der Waals surface area contributed by atoms with Gasteiger partial charge in [0.15, 0.2) is 0 Å². The van der Waals surface area contributed by atoms with Gasteiger partial charge in [0.05, 0.1) is 11.4 Å². The van der Waals surface area contributed by atoms with Gasteiger partial charge in [-0.25, -0.2) is 0 Å². The van der Waals surface area contributed by atoms with E-state index in [0.29, 0.717) is 0 Å². The van der Waals surface area contributed by atoms with Gasteiger partial charge in [-0.05, 0) is 41.5 Å². The number of allylic oxidation sites excluding steroid dienone is 4. The maximum atomic E-state index is 4.09. The first-order valence-electron chi connectivity index (χ1n) is 4.15. The number of nitrogens with zero attached hydrogens (tertiary/aromatic N) is 2. The van der Waals surface area contributed by atoms with Crippen molar-refractivity contribution in [1.82, 2.24) is 0 Å². The van der Waals surface area contributed by atoms with Gasteiger partial charge >= 0.3 is 0 Å². The van der Waals surface area contributed by atoms with Crippen LogP contribution < -0.4 is 0 Å². The summed E-state index contributed by atoms with van der Waals surface area (Å²) in [6, 6.07) is 0. The van der Waals surface area contributed by atoms with Gasteiger partial charge in [0.1, 0.15) is 0 Å². The van der Waals surface area contributed by atoms with Gasteiger partial charge < -0.3 is 0 Å². The van der Waals surface area contributed by atoms with Gasteiger partial charge in [-0.1, -0.05) is 11.1 Å². The second-order valence-electron chi connectivity index (χ2n) is 3.37. The number of azo groups is 1. The van der Waals surface area contributed by atoms with E-state index in [2.05, 4.69) is 10.2 Å². The fourth-order valence-electron chi connectivity index (χ4n) is 0.350. The maximum absolute atomic E-state index is 4.09. The molecular formula is C10H18N2. The standard InChI is InChI=1S/C10H18N2/c1-7(2)9(5)11-12-10(6)8(3)4/h1-6H3. The van der Waals surface area contributed by atoms with E-state index in [9.17, 15) is 0 Å². The van der Waals surface area contributed by atoms with Gasteiger partial charge in [0, 0.05) is 0 Å². The van der Waals surface area contributed by atoms with Crippen molar-refractivity contribution in [3.05, 3.63) is 22.5 Å². The molecule has 0 saturated heterocycles. The second kappa shape index (κ2) is 4.86. The highest BCUT2D eigenvalue weighted by molar-refractivity contribution is 5.07. The van der Waals surface area contributed by atoms with Crippen LogP contribution in [0.5, 0.6) is 0 Å². The Morgan fingerprint density at radius 3 is 1.00 bits per heavy atom. The molecule has 0 aromatic heterocycles. The van der Waals surface area contributed by atoms with Crippen LogP contribution in [-0.4, -0.2) is 0 Å². The molecule has 0 aliphatic carbocycles. The summed E-state index contributed by atoms with van der Waals surface area (Å²) < 4.78 is 0. The van der Waals surface area contributed by atoms with E-state index in [-0.39, 0.29) is 0 Å². The minimum atomic E-state index is 0.996. The molecule has 12 heavy (non-hydrogen) atoms. The number of hydrogen-bond acceptors (Lipinski definition) is 2. The average Bonchev–Trinajstić information content (AvgIpc) is 1.98. The Morgan fingerprint density at radius 2 is 0.833 bits per heavy atom. The van der Waals surface area contributed by atoms with Crippen molar-refractivity contribution < 1.29 is 0 Å². The van der Waals surface area contributed by atoms with Gasteiger partial charge in [0.25, 0.3) is 0 Å². The minimum Gasteiger partial charge on any atom is -0.156 e. The largest absolute Gasteiger partial charge is 0.156 e. The van der Waals surface area contributed by atoms with Crippen LogP contribution in [0.25, 0.3) is 0 Å². The summed E-state index contributed by atoms with van der Waals surface area (Å²) in [6.45, 7) is 12.1. The SMILES string of the molecule is CC(C)=C(C)N=NC(C)=C(C)C. The second-order valence-corrected chi connectivity index (χ2v) is 3.37. The lowest BCUT2D eigenvalue weighted by molar-refractivity contribution is 1.01. The smallest absolute Gasteiger partial charge is 0.0586 e. The van der Waals surface area contributed by atoms with E-state index in [1.54, 1.807) is 0 Å². The summed E-state index contributed by atoms with van der Waals surface area (Å²) in [6.07, 6.45) is 0. The van der Waals surface area contributed by atoms with Crippen LogP contribution in [0.15, 0.2) is 32.8 Å². The van der Waals surface area contributed by atoms with E-state index in [4.69, 9.17) is 0 Å². The summed E-state index contributed by atoms with van der Waals surface area (Å²) >= 11 is 0. The molecule has 0 bridgehead atoms. The zero-order valence-electron chi connectivity index (χ0n) is 8.89. The first-order valence-corrected chi connectivity index (χ1v) is 4.15. The molecule has 0 aliphatic heterocycles. The van der Waals surface area contributed by atoms with Crippen molar-refractivity contribution >= 4 is 0 Å². The summed E-state index contributed by atoms with van der Waals surface area (Å²) in [4.78, 5) is 0. The third-order valence-electron chi connectivity index (χ3n) is 1.80. The molecule has 0 saturated carbocycles. The molecule has 0 atom stereocenters. The molecule has 0 heterocycles. The maximum Gasteiger partial charge on any atom is 0.0586 e. The van der Waals surface area contributed by atoms with Crippen molar-refractivity contribution in [2.24, 2.45) is 10.2 Å². The van der Waals surface area contributed by atoms with Crippen LogP contribution >= 0.6 is 0 Å². The highest BCUT2D eigenvalue weighted by Gasteiger charge is 1.89. The molecule has 0 aromatic carbocycles. The molecule has 0 spiro atoms. The van der Waals surface area contributed by atoms with Crippen molar-refractivity contribution in [3.8, 4) is 0 Å². The molecule has 0 radical (unpaired) electrons. The first kappa shape index (κ1) is 11.1. The molecular weight excluding hydrogens is 148 g/mol. The minimum absolute atomic E-state index is 0.996. The quantitative estimate of drug-likeness (QED) is 0.552. The number of hydrogen-bond donors (Lipinski definition) is 0. The van der Waals surface area contributed by atoms with E-state index in [1.807, 2.05) is 41.5 Å². The molecule has 2 heteroatoms. The Labute approximate surface area is 75.1 Å². The van der Waals surface area contributed by atoms with Crippen molar-refractivity contribution in [2.75, 3.05) is 0 Å². The zero-order chi connectivity index (χ0) is 9.72. The molecule has 0 N–H and O–H groups in total. The zero-order valence-corrected chi connectivity index (χ0v) is 8.89. The predicted molar refractivity (Wildman–Crippen MR) is 53.0 cm³/mol. The lowest BCUT2D eigenvalue weighted by Gasteiger charge is -1.95. The molecule has 0 amide bonds. The summed E-state index contributed by atoms with van der Waals surface area (Å²) in [5.74, 6) is 0. The Morgan fingerprint density at radius 1 is 0.583 bits per heavy atom. The first-order chi connectivity index (χ1) is 5.45. The Balaban J connectivity index is 4.48. The summed E-state index contributed by atoms with van der Waals surface area (Å²) in [5.41, 5.74) is 4.41. The Bertz CT molecular complexity index is 211. The predicted octanol–water partition coefficient (Wildman–Crippen LogP) is 4.07. The third kappa shape index (κ3) is 4.06. The number of rotatable bonds is 2. The van der Waals surface area contributed by atoms with Crippen LogP contribution in [0.2, 0.25) is 0 Å². The van der Waals surface area contributed by atoms with E-state index < -0.39 is 0 Å². The van der Waals surface area contributed by atoms with Crippen LogP contribution in [0, 0.1) is 0 Å². The van der Waals surface area contributed by atoms with Gasteiger partial charge in [0.2, 0.25) is 0 Å². The van der Waals surface area contributed by atoms with Crippen LogP contribution in [0.1, 0.15) is 41.5 Å². The fraction of sp³-hybridized carbons (Fsp3) is 0.600. The average molecular weight is 166 g/mol. The van der Waals surface area contributed by atoms with E-state index in [0.717, 1.165) is 11.4 Å². The van der Waals surface area contributed by atoms with E-state index in [1.165, 1.54) is 11.1 Å². The highest BCUT2D eigenvalue weighted by Crippen LogP contribution is 2.09. The summed E-state index contributed by atoms with van der Waals surface area (Å²) in [5, 5.41) is 8.18. The van der Waals surface area contributed by atoms with Gasteiger partial charge in [-0.15, -0.1) is 0 Å². The van der Waals surface area contributed by atoms with Crippen molar-refractivity contribution in [2.45, 2.75) is 41.5 Å². The van der Waals surface area contributed by atoms with Gasteiger partial charge in [-0.3, -0.25) is 0 Å². The lowest BCUT2D eigenvalue weighted by atomic mass is 10.3. The van der Waals surface area contributed by atoms with Crippen molar-refractivity contribution in [1.29, 1.82) is 0 Å². The van der Waals surface area contributed by atoms with Crippen LogP contribution in [-0.2, 0) is 0 Å². The molecule has 0 unspecified atom stereocenters.